The molecule has 6 heteroatoms. The number of methoxy groups -OCH3 is 1. The smallest absolute Gasteiger partial charge is 0.220 e. The summed E-state index contributed by atoms with van der Waals surface area (Å²) in [6.45, 7) is 3.74. The van der Waals surface area contributed by atoms with Crippen LogP contribution < -0.4 is 11.1 Å². The Labute approximate surface area is 95.8 Å². The quantitative estimate of drug-likeness (QED) is 0.256. The van der Waals surface area contributed by atoms with Gasteiger partial charge in [0.1, 0.15) is 0 Å². The monoisotopic (exact) mass is 231 g/mol. The first-order chi connectivity index (χ1) is 7.54. The number of nitrogens with one attached hydrogen (secondary N) is 1. The van der Waals surface area contributed by atoms with Gasteiger partial charge in [-0.15, -0.1) is 0 Å². The average molecular weight is 231 g/mol. The normalized spacial score (nSPS) is 15.6. The molecule has 2 unspecified atom stereocenters. The summed E-state index contributed by atoms with van der Waals surface area (Å²) in [6.07, 6.45) is 1.65. The van der Waals surface area contributed by atoms with Gasteiger partial charge in [0.2, 0.25) is 5.91 Å². The Morgan fingerprint density at radius 2 is 2.25 bits per heavy atom. The fraction of sp³-hybridized carbons (Fsp3) is 0.800. The number of nitrogens with two attached hydrogens (primary N) is 1. The predicted molar refractivity (Wildman–Crippen MR) is 61.3 cm³/mol. The van der Waals surface area contributed by atoms with Crippen molar-refractivity contribution in [2.45, 2.75) is 45.3 Å². The second kappa shape index (κ2) is 7.92. The molecular weight excluding hydrogens is 210 g/mol. The van der Waals surface area contributed by atoms with Crippen molar-refractivity contribution in [3.63, 3.8) is 0 Å². The summed E-state index contributed by atoms with van der Waals surface area (Å²) in [5, 5.41) is 14.1. The zero-order chi connectivity index (χ0) is 12.6. The molecule has 0 saturated carbocycles. The lowest BCUT2D eigenvalue weighted by molar-refractivity contribution is -0.122. The van der Waals surface area contributed by atoms with E-state index < -0.39 is 6.04 Å². The minimum Gasteiger partial charge on any atom is -0.409 e. The first kappa shape index (κ1) is 14.7. The molecule has 0 aromatic carbocycles. The van der Waals surface area contributed by atoms with E-state index in [4.69, 9.17) is 15.7 Å². The van der Waals surface area contributed by atoms with Crippen LogP contribution in [0.1, 0.15) is 33.1 Å². The van der Waals surface area contributed by atoms with Crippen molar-refractivity contribution < 1.29 is 14.7 Å². The summed E-state index contributed by atoms with van der Waals surface area (Å²) in [5.41, 5.74) is 5.42. The lowest BCUT2D eigenvalue weighted by Gasteiger charge is -2.16. The van der Waals surface area contributed by atoms with E-state index >= 15 is 0 Å². The minimum atomic E-state index is -0.407. The molecule has 16 heavy (non-hydrogen) atoms. The number of carbonyl (C=O) groups is 1. The Hall–Kier alpha value is -1.30. The van der Waals surface area contributed by atoms with E-state index in [1.165, 1.54) is 0 Å². The highest BCUT2D eigenvalue weighted by atomic mass is 16.5. The van der Waals surface area contributed by atoms with Gasteiger partial charge in [-0.3, -0.25) is 4.79 Å². The Bertz CT molecular complexity index is 243. The third-order valence-corrected chi connectivity index (χ3v) is 2.40. The van der Waals surface area contributed by atoms with Gasteiger partial charge in [0.15, 0.2) is 5.84 Å². The molecule has 1 amide bonds. The molecular formula is C10H21N3O3. The Morgan fingerprint density at radius 3 is 2.69 bits per heavy atom. The standard InChI is InChI=1S/C10H21N3O3/c1-4-8(10(11)13-15)12-9(14)6-5-7(2)16-3/h7-8,15H,4-6H2,1-3H3,(H2,11,13)(H,12,14). The summed E-state index contributed by atoms with van der Waals surface area (Å²) in [6, 6.07) is -0.407. The molecule has 0 aromatic rings. The number of carbonyl (C=O) groups excluding carboxylic acids is 1. The second-order valence-corrected chi connectivity index (χ2v) is 3.64. The highest BCUT2D eigenvalue weighted by molar-refractivity contribution is 5.89. The largest absolute Gasteiger partial charge is 0.409 e. The van der Waals surface area contributed by atoms with Gasteiger partial charge in [0, 0.05) is 13.5 Å². The maximum atomic E-state index is 11.5. The number of ether oxygens (including phenoxy) is 1. The van der Waals surface area contributed by atoms with E-state index in [-0.39, 0.29) is 17.8 Å². The lowest BCUT2D eigenvalue weighted by Crippen LogP contribution is -2.44. The van der Waals surface area contributed by atoms with Gasteiger partial charge in [-0.1, -0.05) is 12.1 Å². The topological polar surface area (TPSA) is 96.9 Å². The molecule has 0 rings (SSSR count). The van der Waals surface area contributed by atoms with E-state index in [0.717, 1.165) is 0 Å². The Morgan fingerprint density at radius 1 is 1.62 bits per heavy atom. The molecule has 0 heterocycles. The van der Waals surface area contributed by atoms with Crippen molar-refractivity contribution >= 4 is 11.7 Å². The highest BCUT2D eigenvalue weighted by Gasteiger charge is 2.15. The molecule has 4 N–H and O–H groups in total. The maximum Gasteiger partial charge on any atom is 0.220 e. The van der Waals surface area contributed by atoms with Crippen LogP contribution in [0.3, 0.4) is 0 Å². The van der Waals surface area contributed by atoms with Gasteiger partial charge in [0.05, 0.1) is 12.1 Å². The third-order valence-electron chi connectivity index (χ3n) is 2.40. The summed E-state index contributed by atoms with van der Waals surface area (Å²) in [7, 11) is 1.60. The van der Waals surface area contributed by atoms with Gasteiger partial charge in [-0.05, 0) is 19.8 Å². The molecule has 0 bridgehead atoms. The maximum absolute atomic E-state index is 11.5. The van der Waals surface area contributed by atoms with Crippen LogP contribution in [0, 0.1) is 0 Å². The highest BCUT2D eigenvalue weighted by Crippen LogP contribution is 2.01. The van der Waals surface area contributed by atoms with E-state index in [1.54, 1.807) is 7.11 Å². The zero-order valence-electron chi connectivity index (χ0n) is 10.1. The van der Waals surface area contributed by atoms with Gasteiger partial charge < -0.3 is 21.0 Å². The fourth-order valence-electron chi connectivity index (χ4n) is 1.17. The summed E-state index contributed by atoms with van der Waals surface area (Å²) in [5.74, 6) is -0.0991. The van der Waals surface area contributed by atoms with Crippen LogP contribution in [0.25, 0.3) is 0 Å². The van der Waals surface area contributed by atoms with Crippen LogP contribution in [0.5, 0.6) is 0 Å². The number of oxime groups is 1. The molecule has 94 valence electrons. The molecule has 0 aliphatic heterocycles. The summed E-state index contributed by atoms with van der Waals surface area (Å²) < 4.78 is 5.03. The SMILES string of the molecule is CCC(NC(=O)CCC(C)OC)C(N)=NO. The van der Waals surface area contributed by atoms with Gasteiger partial charge in [-0.2, -0.15) is 0 Å². The van der Waals surface area contributed by atoms with E-state index in [2.05, 4.69) is 10.5 Å². The third kappa shape index (κ3) is 5.55. The Kier molecular flexibility index (Phi) is 7.28. The van der Waals surface area contributed by atoms with E-state index in [9.17, 15) is 4.79 Å². The van der Waals surface area contributed by atoms with Gasteiger partial charge in [-0.25, -0.2) is 0 Å². The molecule has 6 nitrogen and oxygen atoms in total. The van der Waals surface area contributed by atoms with Crippen LogP contribution >= 0.6 is 0 Å². The first-order valence-electron chi connectivity index (χ1n) is 5.34. The molecule has 0 aliphatic rings. The van der Waals surface area contributed by atoms with Crippen LogP contribution in [-0.4, -0.2) is 36.2 Å². The number of amidine groups is 1. The van der Waals surface area contributed by atoms with Gasteiger partial charge in [0.25, 0.3) is 0 Å². The van der Waals surface area contributed by atoms with Crippen LogP contribution in [0.4, 0.5) is 0 Å². The summed E-state index contributed by atoms with van der Waals surface area (Å²) in [4.78, 5) is 11.5. The van der Waals surface area contributed by atoms with Crippen molar-refractivity contribution in [1.29, 1.82) is 0 Å². The van der Waals surface area contributed by atoms with Crippen LogP contribution in [-0.2, 0) is 9.53 Å². The van der Waals surface area contributed by atoms with Crippen molar-refractivity contribution in [3.8, 4) is 0 Å². The molecule has 2 atom stereocenters. The number of rotatable bonds is 7. The molecule has 0 saturated heterocycles. The molecule has 0 radical (unpaired) electrons. The molecule has 0 aromatic heterocycles. The van der Waals surface area contributed by atoms with Gasteiger partial charge >= 0.3 is 0 Å². The summed E-state index contributed by atoms with van der Waals surface area (Å²) >= 11 is 0. The fourth-order valence-corrected chi connectivity index (χ4v) is 1.17. The van der Waals surface area contributed by atoms with E-state index in [0.29, 0.717) is 19.3 Å². The number of hydrogen-bond donors (Lipinski definition) is 3. The second-order valence-electron chi connectivity index (χ2n) is 3.64. The zero-order valence-corrected chi connectivity index (χ0v) is 10.1. The van der Waals surface area contributed by atoms with Crippen molar-refractivity contribution in [2.75, 3.05) is 7.11 Å². The van der Waals surface area contributed by atoms with Crippen LogP contribution in [0.2, 0.25) is 0 Å². The van der Waals surface area contributed by atoms with Crippen LogP contribution in [0.15, 0.2) is 5.16 Å². The minimum absolute atomic E-state index is 0.0237. The Balaban J connectivity index is 4.02. The number of amides is 1. The molecule has 0 aliphatic carbocycles. The van der Waals surface area contributed by atoms with E-state index in [1.807, 2.05) is 13.8 Å². The van der Waals surface area contributed by atoms with Crippen molar-refractivity contribution in [2.24, 2.45) is 10.9 Å². The lowest BCUT2D eigenvalue weighted by atomic mass is 10.1. The molecule has 0 spiro atoms. The molecule has 0 fully saturated rings. The first-order valence-corrected chi connectivity index (χ1v) is 5.34. The predicted octanol–water partition coefficient (Wildman–Crippen LogP) is 0.443. The number of hydrogen-bond acceptors (Lipinski definition) is 4. The van der Waals surface area contributed by atoms with Crippen molar-refractivity contribution in [1.82, 2.24) is 5.32 Å². The number of nitrogens with zero attached hydrogens (tertiary/aromatic N) is 1. The van der Waals surface area contributed by atoms with Crippen molar-refractivity contribution in [3.05, 3.63) is 0 Å². The average Bonchev–Trinajstić information content (AvgIpc) is 2.31.